The summed E-state index contributed by atoms with van der Waals surface area (Å²) in [6.07, 6.45) is 12.4. The molecular weight excluding hydrogens is 606 g/mol. The van der Waals surface area contributed by atoms with Crippen molar-refractivity contribution in [2.75, 3.05) is 53.3 Å². The Hall–Kier alpha value is -4.71. The highest BCUT2D eigenvalue weighted by atomic mass is 16.6. The number of likely N-dealkylation sites (N-methyl/N-ethyl adjacent to an activating group) is 2. The van der Waals surface area contributed by atoms with E-state index < -0.39 is 0 Å². The highest BCUT2D eigenvalue weighted by molar-refractivity contribution is 6.08. The molecule has 0 radical (unpaired) electrons. The monoisotopic (exact) mass is 653 g/mol. The average molecular weight is 654 g/mol. The van der Waals surface area contributed by atoms with Crippen LogP contribution in [0.15, 0.2) is 101 Å². The lowest BCUT2D eigenvalue weighted by Gasteiger charge is -2.27. The van der Waals surface area contributed by atoms with Crippen molar-refractivity contribution in [3.63, 3.8) is 0 Å². The van der Waals surface area contributed by atoms with Crippen molar-refractivity contribution in [2.24, 2.45) is 10.9 Å². The van der Waals surface area contributed by atoms with Crippen molar-refractivity contribution in [3.8, 4) is 0 Å². The summed E-state index contributed by atoms with van der Waals surface area (Å²) in [7, 11) is 7.52. The van der Waals surface area contributed by atoms with E-state index in [1.807, 2.05) is 52.4 Å². The number of aliphatic imine (C=N–C) groups is 1. The van der Waals surface area contributed by atoms with Crippen molar-refractivity contribution < 1.29 is 14.4 Å². The van der Waals surface area contributed by atoms with Gasteiger partial charge in [-0.3, -0.25) is 20.0 Å². The normalized spacial score (nSPS) is 23.2. The molecule has 1 aromatic carbocycles. The molecule has 1 aliphatic carbocycles. The minimum atomic E-state index is -0.338. The first-order valence-electron chi connectivity index (χ1n) is 16.0. The van der Waals surface area contributed by atoms with E-state index >= 15 is 0 Å². The Labute approximate surface area is 283 Å². The number of hydrogen-bond donors (Lipinski definition) is 1. The topological polar surface area (TPSA) is 118 Å². The standard InChI is InChI=1S/C37H47N7O4/c1-9-10-17-38-27(4)35-25(2)23-48-24-28-12-11-13-31(26(28)3)36(35)32-16-18-39-37(40-32)41-33-22-30(44(45)46)21-29(14-15-34(33)47-8)43(7)20-19-42(5)6/h9-18,22,25,29H,1,19-21,23-24H2,2-8H3,(H,39,40,41)/b15-14?,17-10-,30-22+,34-33-,36-35-,38-27+. The van der Waals surface area contributed by atoms with Gasteiger partial charge in [-0.15, -0.1) is 0 Å². The molecule has 2 bridgehead atoms. The van der Waals surface area contributed by atoms with E-state index in [1.165, 1.54) is 6.08 Å². The van der Waals surface area contributed by atoms with Gasteiger partial charge < -0.3 is 19.7 Å². The predicted octanol–water partition coefficient (Wildman–Crippen LogP) is 6.17. The number of benzene rings is 1. The molecule has 0 saturated heterocycles. The summed E-state index contributed by atoms with van der Waals surface area (Å²) in [6, 6.07) is 7.90. The minimum absolute atomic E-state index is 0.00571. The van der Waals surface area contributed by atoms with Gasteiger partial charge in [-0.25, -0.2) is 9.97 Å². The summed E-state index contributed by atoms with van der Waals surface area (Å²) in [5, 5.41) is 15.5. The van der Waals surface area contributed by atoms with E-state index in [9.17, 15) is 10.1 Å². The molecule has 0 saturated carbocycles. The molecule has 0 amide bonds. The number of fused-ring (bicyclic) bond motifs is 2. The number of hydrogen-bond acceptors (Lipinski definition) is 10. The third-order valence-corrected chi connectivity index (χ3v) is 8.53. The molecule has 2 heterocycles. The molecule has 2 unspecified atom stereocenters. The maximum absolute atomic E-state index is 12.3. The van der Waals surface area contributed by atoms with Crippen molar-refractivity contribution in [1.29, 1.82) is 0 Å². The average Bonchev–Trinajstić information content (AvgIpc) is 3.06. The van der Waals surface area contributed by atoms with Crippen LogP contribution in [0.3, 0.4) is 0 Å². The number of nitrogens with one attached hydrogen (secondary N) is 1. The molecule has 1 aromatic heterocycles. The van der Waals surface area contributed by atoms with Gasteiger partial charge in [-0.1, -0.05) is 43.9 Å². The Balaban J connectivity index is 1.84. The quantitative estimate of drug-likeness (QED) is 0.124. The van der Waals surface area contributed by atoms with E-state index in [0.717, 1.165) is 46.6 Å². The first kappa shape index (κ1) is 36.1. The lowest BCUT2D eigenvalue weighted by atomic mass is 9.85. The van der Waals surface area contributed by atoms with Gasteiger partial charge in [0.15, 0.2) is 0 Å². The molecular formula is C37H47N7O4. The Morgan fingerprint density at radius 1 is 1.27 bits per heavy atom. The van der Waals surface area contributed by atoms with Crippen LogP contribution < -0.4 is 5.32 Å². The summed E-state index contributed by atoms with van der Waals surface area (Å²) in [4.78, 5) is 30.4. The highest BCUT2D eigenvalue weighted by Gasteiger charge is 2.27. The van der Waals surface area contributed by atoms with Crippen LogP contribution in [0.2, 0.25) is 0 Å². The lowest BCUT2D eigenvalue weighted by Crippen LogP contribution is -2.36. The number of rotatable bonds is 12. The first-order valence-corrected chi connectivity index (χ1v) is 16.0. The molecule has 11 nitrogen and oxygen atoms in total. The second kappa shape index (κ2) is 16.9. The predicted molar refractivity (Wildman–Crippen MR) is 192 cm³/mol. The molecule has 0 fully saturated rings. The van der Waals surface area contributed by atoms with Crippen LogP contribution in [0.1, 0.15) is 42.7 Å². The zero-order valence-corrected chi connectivity index (χ0v) is 29.1. The van der Waals surface area contributed by atoms with Gasteiger partial charge in [0, 0.05) is 54.8 Å². The van der Waals surface area contributed by atoms with Crippen LogP contribution in [-0.4, -0.2) is 84.4 Å². The van der Waals surface area contributed by atoms with Crippen molar-refractivity contribution in [3.05, 3.63) is 129 Å². The molecule has 1 N–H and O–H groups in total. The van der Waals surface area contributed by atoms with Crippen molar-refractivity contribution in [2.45, 2.75) is 39.8 Å². The third kappa shape index (κ3) is 9.00. The molecule has 1 aliphatic heterocycles. The van der Waals surface area contributed by atoms with Gasteiger partial charge >= 0.3 is 0 Å². The van der Waals surface area contributed by atoms with E-state index in [1.54, 1.807) is 31.7 Å². The molecule has 2 atom stereocenters. The molecule has 48 heavy (non-hydrogen) atoms. The number of nitro groups is 1. The van der Waals surface area contributed by atoms with Crippen molar-refractivity contribution >= 4 is 17.2 Å². The van der Waals surface area contributed by atoms with Crippen LogP contribution in [0.5, 0.6) is 0 Å². The summed E-state index contributed by atoms with van der Waals surface area (Å²) in [5.74, 6) is 0.701. The van der Waals surface area contributed by atoms with E-state index in [0.29, 0.717) is 30.4 Å². The molecule has 11 heteroatoms. The highest BCUT2D eigenvalue weighted by Crippen LogP contribution is 2.36. The fraction of sp³-hybridized carbons (Fsp3) is 0.378. The summed E-state index contributed by atoms with van der Waals surface area (Å²) >= 11 is 0. The molecule has 0 spiro atoms. The summed E-state index contributed by atoms with van der Waals surface area (Å²) < 4.78 is 11.9. The van der Waals surface area contributed by atoms with Crippen LogP contribution in [0.25, 0.3) is 5.57 Å². The maximum Gasteiger partial charge on any atom is 0.250 e. The Kier molecular flexibility index (Phi) is 12.7. The van der Waals surface area contributed by atoms with Gasteiger partial charge in [-0.05, 0) is 75.5 Å². The SMILES string of the molecule is C=C\C=C/N=C(C)/C1=C(\c2ccnc(NC3=C(\OC)C=CC(N(C)CCN(C)C)C/C([N+](=O)[O-])=C\3)n2)c2cccc(c2C)COCC1C. The molecule has 2 aromatic rings. The maximum atomic E-state index is 12.3. The minimum Gasteiger partial charge on any atom is -0.495 e. The van der Waals surface area contributed by atoms with Gasteiger partial charge in [0.05, 0.1) is 43.1 Å². The van der Waals surface area contributed by atoms with Crippen LogP contribution in [0, 0.1) is 23.0 Å². The fourth-order valence-corrected chi connectivity index (χ4v) is 5.80. The van der Waals surface area contributed by atoms with Gasteiger partial charge in [0.1, 0.15) is 5.76 Å². The van der Waals surface area contributed by atoms with Gasteiger partial charge in [0.25, 0.3) is 0 Å². The van der Waals surface area contributed by atoms with E-state index in [-0.39, 0.29) is 34.9 Å². The van der Waals surface area contributed by atoms with E-state index in [2.05, 4.69) is 52.7 Å². The smallest absolute Gasteiger partial charge is 0.250 e. The second-order valence-corrected chi connectivity index (χ2v) is 12.3. The van der Waals surface area contributed by atoms with Gasteiger partial charge in [-0.2, -0.15) is 0 Å². The van der Waals surface area contributed by atoms with Crippen LogP contribution in [-0.2, 0) is 16.1 Å². The number of ether oxygens (including phenoxy) is 2. The number of aromatic nitrogens is 2. The number of allylic oxidation sites excluding steroid dienone is 4. The number of methoxy groups -OCH3 is 1. The summed E-state index contributed by atoms with van der Waals surface area (Å²) in [5.41, 5.74) is 7.11. The molecule has 4 rings (SSSR count). The summed E-state index contributed by atoms with van der Waals surface area (Å²) in [6.45, 7) is 12.6. The third-order valence-electron chi connectivity index (χ3n) is 8.53. The van der Waals surface area contributed by atoms with E-state index in [4.69, 9.17) is 19.5 Å². The first-order chi connectivity index (χ1) is 23.0. The second-order valence-electron chi connectivity index (χ2n) is 12.3. The van der Waals surface area contributed by atoms with Crippen LogP contribution >= 0.6 is 0 Å². The van der Waals surface area contributed by atoms with Gasteiger partial charge in [0.2, 0.25) is 11.6 Å². The fourth-order valence-electron chi connectivity index (χ4n) is 5.80. The Morgan fingerprint density at radius 2 is 2.06 bits per heavy atom. The number of anilines is 1. The van der Waals surface area contributed by atoms with Crippen molar-refractivity contribution in [1.82, 2.24) is 19.8 Å². The largest absolute Gasteiger partial charge is 0.495 e. The zero-order chi connectivity index (χ0) is 34.8. The molecule has 2 aliphatic rings. The van der Waals surface area contributed by atoms with Crippen LogP contribution in [0.4, 0.5) is 5.95 Å². The number of nitrogens with zero attached hydrogens (tertiary/aromatic N) is 6. The lowest BCUT2D eigenvalue weighted by molar-refractivity contribution is -0.428. The Morgan fingerprint density at radius 3 is 2.77 bits per heavy atom. The zero-order valence-electron chi connectivity index (χ0n) is 29.1. The Bertz CT molecular complexity index is 1690. The molecule has 254 valence electrons.